The highest BCUT2D eigenvalue weighted by molar-refractivity contribution is 5.52. The van der Waals surface area contributed by atoms with E-state index in [2.05, 4.69) is 25.8 Å². The van der Waals surface area contributed by atoms with Gasteiger partial charge in [0.25, 0.3) is 0 Å². The molecule has 0 N–H and O–H groups in total. The summed E-state index contributed by atoms with van der Waals surface area (Å²) in [7, 11) is 1.65. The Labute approximate surface area is 136 Å². The number of hydrogen-bond donors (Lipinski definition) is 0. The second kappa shape index (κ2) is 7.38. The minimum Gasteiger partial charge on any atom is -0.459 e. The predicted molar refractivity (Wildman–Crippen MR) is 89.5 cm³/mol. The van der Waals surface area contributed by atoms with Crippen LogP contribution in [0.2, 0.25) is 0 Å². The van der Waals surface area contributed by atoms with E-state index in [4.69, 9.17) is 9.47 Å². The molecule has 0 amide bonds. The highest BCUT2D eigenvalue weighted by Crippen LogP contribution is 2.30. The summed E-state index contributed by atoms with van der Waals surface area (Å²) < 4.78 is 24.7. The van der Waals surface area contributed by atoms with Gasteiger partial charge in [0.15, 0.2) is 0 Å². The van der Waals surface area contributed by atoms with Crippen molar-refractivity contribution in [1.29, 1.82) is 0 Å². The zero-order chi connectivity index (χ0) is 16.9. The van der Waals surface area contributed by atoms with Crippen LogP contribution in [-0.2, 0) is 4.74 Å². The molecule has 23 heavy (non-hydrogen) atoms. The highest BCUT2D eigenvalue weighted by Gasteiger charge is 2.30. The molecule has 0 radical (unpaired) electrons. The molecule has 0 aliphatic carbocycles. The first-order chi connectivity index (χ1) is 10.9. The molecule has 1 unspecified atom stereocenters. The standard InChI is InChI=1S/C19H22FNO2/c1-19(2,3)18(22-4)17(12-14-6-5-11-21-13-14)23-16-9-7-15(20)8-10-16/h5-13,18H,1-4H3/b17-12+. The first-order valence-corrected chi connectivity index (χ1v) is 7.48. The molecule has 0 spiro atoms. The van der Waals surface area contributed by atoms with Crippen molar-refractivity contribution >= 4 is 6.08 Å². The highest BCUT2D eigenvalue weighted by atomic mass is 19.1. The van der Waals surface area contributed by atoms with E-state index in [0.717, 1.165) is 5.56 Å². The number of hydrogen-bond acceptors (Lipinski definition) is 3. The molecular formula is C19H22FNO2. The Bertz CT molecular complexity index is 645. The van der Waals surface area contributed by atoms with Crippen LogP contribution in [0, 0.1) is 11.2 Å². The van der Waals surface area contributed by atoms with Gasteiger partial charge in [-0.2, -0.15) is 0 Å². The predicted octanol–water partition coefficient (Wildman–Crippen LogP) is 4.70. The van der Waals surface area contributed by atoms with Gasteiger partial charge in [-0.25, -0.2) is 4.39 Å². The number of halogens is 1. The minimum absolute atomic E-state index is 0.164. The van der Waals surface area contributed by atoms with Crippen LogP contribution < -0.4 is 4.74 Å². The molecule has 0 saturated carbocycles. The second-order valence-electron chi connectivity index (χ2n) is 6.37. The number of benzene rings is 1. The molecule has 4 heteroatoms. The summed E-state index contributed by atoms with van der Waals surface area (Å²) in [5.41, 5.74) is 0.749. The van der Waals surface area contributed by atoms with Gasteiger partial charge >= 0.3 is 0 Å². The smallest absolute Gasteiger partial charge is 0.134 e. The first kappa shape index (κ1) is 17.2. The molecule has 1 atom stereocenters. The summed E-state index contributed by atoms with van der Waals surface area (Å²) in [5.74, 6) is 0.918. The second-order valence-corrected chi connectivity index (χ2v) is 6.37. The fourth-order valence-corrected chi connectivity index (χ4v) is 2.32. The van der Waals surface area contributed by atoms with Gasteiger partial charge in [0.2, 0.25) is 0 Å². The van der Waals surface area contributed by atoms with E-state index < -0.39 is 0 Å². The van der Waals surface area contributed by atoms with Crippen molar-refractivity contribution in [2.45, 2.75) is 26.9 Å². The molecule has 0 bridgehead atoms. The van der Waals surface area contributed by atoms with Crippen LogP contribution >= 0.6 is 0 Å². The molecular weight excluding hydrogens is 293 g/mol. The van der Waals surface area contributed by atoms with Gasteiger partial charge < -0.3 is 9.47 Å². The number of ether oxygens (including phenoxy) is 2. The van der Waals surface area contributed by atoms with Gasteiger partial charge in [-0.05, 0) is 47.4 Å². The fraction of sp³-hybridized carbons (Fsp3) is 0.316. The summed E-state index contributed by atoms with van der Waals surface area (Å²) >= 11 is 0. The van der Waals surface area contributed by atoms with E-state index in [9.17, 15) is 4.39 Å². The van der Waals surface area contributed by atoms with Gasteiger partial charge in [0, 0.05) is 19.5 Å². The van der Waals surface area contributed by atoms with Crippen molar-refractivity contribution in [3.63, 3.8) is 0 Å². The quantitative estimate of drug-likeness (QED) is 0.749. The van der Waals surface area contributed by atoms with Crippen LogP contribution in [0.4, 0.5) is 4.39 Å². The normalized spacial score (nSPS) is 13.7. The molecule has 0 aliphatic rings. The fourth-order valence-electron chi connectivity index (χ4n) is 2.32. The van der Waals surface area contributed by atoms with Crippen molar-refractivity contribution in [2.24, 2.45) is 5.41 Å². The van der Waals surface area contributed by atoms with Gasteiger partial charge in [0.05, 0.1) is 0 Å². The van der Waals surface area contributed by atoms with Crippen LogP contribution in [0.3, 0.4) is 0 Å². The van der Waals surface area contributed by atoms with Crippen molar-refractivity contribution in [1.82, 2.24) is 4.98 Å². The molecule has 2 aromatic rings. The number of rotatable bonds is 5. The zero-order valence-corrected chi connectivity index (χ0v) is 13.9. The zero-order valence-electron chi connectivity index (χ0n) is 13.9. The maximum absolute atomic E-state index is 13.1. The van der Waals surface area contributed by atoms with E-state index in [-0.39, 0.29) is 17.3 Å². The van der Waals surface area contributed by atoms with E-state index in [1.54, 1.807) is 31.6 Å². The van der Waals surface area contributed by atoms with E-state index in [1.165, 1.54) is 12.1 Å². The first-order valence-electron chi connectivity index (χ1n) is 7.48. The average molecular weight is 315 g/mol. The third-order valence-corrected chi connectivity index (χ3v) is 3.32. The van der Waals surface area contributed by atoms with Gasteiger partial charge in [-0.15, -0.1) is 0 Å². The molecule has 1 aromatic heterocycles. The summed E-state index contributed by atoms with van der Waals surface area (Å²) in [6, 6.07) is 9.74. The molecule has 0 aliphatic heterocycles. The Morgan fingerprint density at radius 1 is 1.17 bits per heavy atom. The minimum atomic E-state index is -0.297. The Hall–Kier alpha value is -2.20. The lowest BCUT2D eigenvalue weighted by Gasteiger charge is -2.31. The van der Waals surface area contributed by atoms with Crippen LogP contribution in [-0.4, -0.2) is 18.2 Å². The van der Waals surface area contributed by atoms with Crippen molar-refractivity contribution in [2.75, 3.05) is 7.11 Å². The van der Waals surface area contributed by atoms with E-state index in [1.807, 2.05) is 18.2 Å². The Kier molecular flexibility index (Phi) is 5.50. The molecule has 3 nitrogen and oxygen atoms in total. The molecule has 122 valence electrons. The maximum Gasteiger partial charge on any atom is 0.134 e. The van der Waals surface area contributed by atoms with Gasteiger partial charge in [-0.1, -0.05) is 26.8 Å². The molecule has 1 heterocycles. The Morgan fingerprint density at radius 2 is 1.87 bits per heavy atom. The molecule has 0 fully saturated rings. The molecule has 0 saturated heterocycles. The Morgan fingerprint density at radius 3 is 2.39 bits per heavy atom. The average Bonchev–Trinajstić information content (AvgIpc) is 2.50. The van der Waals surface area contributed by atoms with Crippen molar-refractivity contribution in [3.8, 4) is 5.75 Å². The lowest BCUT2D eigenvalue weighted by molar-refractivity contribution is 0.0207. The Balaban J connectivity index is 2.38. The van der Waals surface area contributed by atoms with Crippen molar-refractivity contribution < 1.29 is 13.9 Å². The third-order valence-electron chi connectivity index (χ3n) is 3.32. The van der Waals surface area contributed by atoms with E-state index >= 15 is 0 Å². The topological polar surface area (TPSA) is 31.4 Å². The summed E-state index contributed by atoms with van der Waals surface area (Å²) in [6.45, 7) is 6.23. The van der Waals surface area contributed by atoms with E-state index in [0.29, 0.717) is 11.5 Å². The maximum atomic E-state index is 13.1. The summed E-state index contributed by atoms with van der Waals surface area (Å²) in [5, 5.41) is 0. The largest absolute Gasteiger partial charge is 0.459 e. The van der Waals surface area contributed by atoms with Crippen molar-refractivity contribution in [3.05, 3.63) is 65.9 Å². The van der Waals surface area contributed by atoms with Crippen LogP contribution in [0.5, 0.6) is 5.75 Å². The lowest BCUT2D eigenvalue weighted by Crippen LogP contribution is -2.32. The van der Waals surface area contributed by atoms with Crippen LogP contribution in [0.15, 0.2) is 54.6 Å². The summed E-state index contributed by atoms with van der Waals surface area (Å²) in [6.07, 6.45) is 5.11. The number of methoxy groups -OCH3 is 1. The SMILES string of the molecule is COC(/C(=C\c1cccnc1)Oc1ccc(F)cc1)C(C)(C)C. The summed E-state index contributed by atoms with van der Waals surface area (Å²) in [4.78, 5) is 4.11. The van der Waals surface area contributed by atoms with Gasteiger partial charge in [-0.3, -0.25) is 4.98 Å². The molecule has 2 rings (SSSR count). The lowest BCUT2D eigenvalue weighted by atomic mass is 9.87. The third kappa shape index (κ3) is 4.89. The molecule has 1 aromatic carbocycles. The van der Waals surface area contributed by atoms with Crippen LogP contribution in [0.25, 0.3) is 6.08 Å². The number of nitrogens with zero attached hydrogens (tertiary/aromatic N) is 1. The number of pyridine rings is 1. The number of aromatic nitrogens is 1. The van der Waals surface area contributed by atoms with Gasteiger partial charge in [0.1, 0.15) is 23.4 Å². The van der Waals surface area contributed by atoms with Crippen LogP contribution in [0.1, 0.15) is 26.3 Å². The monoisotopic (exact) mass is 315 g/mol.